The molecule has 1 saturated heterocycles. The number of anilines is 1. The summed E-state index contributed by atoms with van der Waals surface area (Å²) in [4.78, 5) is 41.1. The molecular weight excluding hydrogens is 491 g/mol. The fourth-order valence-corrected chi connectivity index (χ4v) is 5.96. The van der Waals surface area contributed by atoms with Crippen LogP contribution in [-0.4, -0.2) is 64.4 Å². The number of ether oxygens (including phenoxy) is 1. The van der Waals surface area contributed by atoms with Crippen LogP contribution in [0.4, 0.5) is 5.82 Å². The Balaban J connectivity index is 1.69. The maximum absolute atomic E-state index is 11.8. The van der Waals surface area contributed by atoms with Crippen molar-refractivity contribution in [1.29, 1.82) is 0 Å². The number of fused-ring (bicyclic) bond motifs is 1. The van der Waals surface area contributed by atoms with Crippen LogP contribution in [0.5, 0.6) is 0 Å². The maximum atomic E-state index is 11.8. The molecule has 0 amide bonds. The lowest BCUT2D eigenvalue weighted by atomic mass is 10.1. The van der Waals surface area contributed by atoms with Crippen LogP contribution in [0.1, 0.15) is 6.23 Å². The first-order valence-electron chi connectivity index (χ1n) is 7.70. The van der Waals surface area contributed by atoms with Crippen molar-refractivity contribution in [1.82, 2.24) is 19.5 Å². The molecule has 1 aliphatic rings. The summed E-state index contributed by atoms with van der Waals surface area (Å²) in [5.74, 6) is 0.0708. The van der Waals surface area contributed by atoms with E-state index < -0.39 is 54.4 Å². The molecule has 7 atom stereocenters. The number of aromatic nitrogens is 4. The fourth-order valence-electron chi connectivity index (χ4n) is 2.57. The van der Waals surface area contributed by atoms with E-state index in [4.69, 9.17) is 10.5 Å². The molecule has 3 unspecified atom stereocenters. The molecule has 3 rings (SSSR count). The van der Waals surface area contributed by atoms with Crippen molar-refractivity contribution in [3.05, 3.63) is 12.7 Å². The molecule has 0 radical (unpaired) electrons. The molecule has 0 aromatic carbocycles. The average Bonchev–Trinajstić information content (AvgIpc) is 3.14. The van der Waals surface area contributed by atoms with Gasteiger partial charge in [-0.1, -0.05) is 0 Å². The van der Waals surface area contributed by atoms with Crippen LogP contribution in [0.3, 0.4) is 0 Å². The number of nitrogens with zero attached hydrogens (tertiary/aromatic N) is 4. The standard InChI is InChI=1S/C10H14N5O11P3S/c11-8-5-9(13-2-12-8)15(3-14-5)10-7(17)6(16)4(24-10)1-23-28(19,20)26-29(21,22)25-27(18)30/h2-4,6-7,10,16-17H,1H2,(H,19,20)(H,21,22)(H2,11,12,13)/q-2/t4-,6-,7-,10-,27?/m1/s1. The van der Waals surface area contributed by atoms with E-state index in [1.165, 1.54) is 10.9 Å². The number of hydrogen-bond donors (Lipinski definition) is 5. The lowest BCUT2D eigenvalue weighted by molar-refractivity contribution is -0.167. The van der Waals surface area contributed by atoms with E-state index >= 15 is 0 Å². The second-order valence-corrected chi connectivity index (χ2v) is 10.5. The van der Waals surface area contributed by atoms with Crippen molar-refractivity contribution in [3.8, 4) is 0 Å². The van der Waals surface area contributed by atoms with Gasteiger partial charge in [-0.15, -0.1) is 0 Å². The number of aliphatic hydroxyl groups excluding tert-OH is 2. The molecule has 16 nitrogen and oxygen atoms in total. The quantitative estimate of drug-likeness (QED) is 0.200. The predicted molar refractivity (Wildman–Crippen MR) is 97.7 cm³/mol. The molecular formula is C10H14N5O11P3S-2. The minimum Gasteiger partial charge on any atom is -0.826 e. The summed E-state index contributed by atoms with van der Waals surface area (Å²) < 4.78 is 42.2. The average molecular weight is 505 g/mol. The number of nitrogens with two attached hydrogens (primary N) is 1. The van der Waals surface area contributed by atoms with Crippen LogP contribution in [0.25, 0.3) is 11.2 Å². The van der Waals surface area contributed by atoms with E-state index in [-0.39, 0.29) is 17.0 Å². The van der Waals surface area contributed by atoms with Gasteiger partial charge in [0.2, 0.25) is 0 Å². The largest absolute Gasteiger partial charge is 0.826 e. The number of nitrogen functional groups attached to an aromatic ring is 1. The minimum absolute atomic E-state index is 0.0708. The first-order valence-corrected chi connectivity index (χ1v) is 12.9. The molecule has 1 fully saturated rings. The number of rotatable bonds is 8. The molecule has 0 saturated carbocycles. The van der Waals surface area contributed by atoms with Gasteiger partial charge in [-0.25, -0.2) is 31.7 Å². The Kier molecular flexibility index (Phi) is 7.16. The molecule has 3 heterocycles. The van der Waals surface area contributed by atoms with Gasteiger partial charge in [0.05, 0.1) is 12.9 Å². The second kappa shape index (κ2) is 9.00. The van der Waals surface area contributed by atoms with Crippen LogP contribution in [0.2, 0.25) is 0 Å². The van der Waals surface area contributed by atoms with E-state index in [2.05, 4.69) is 40.3 Å². The Labute approximate surface area is 173 Å². The van der Waals surface area contributed by atoms with E-state index in [9.17, 15) is 34.0 Å². The third-order valence-corrected chi connectivity index (χ3v) is 7.86. The zero-order valence-electron chi connectivity index (χ0n) is 14.4. The first-order chi connectivity index (χ1) is 13.9. The highest BCUT2D eigenvalue weighted by Gasteiger charge is 2.46. The van der Waals surface area contributed by atoms with E-state index in [0.29, 0.717) is 0 Å². The van der Waals surface area contributed by atoms with Crippen LogP contribution in [0, 0.1) is 0 Å². The van der Waals surface area contributed by atoms with Gasteiger partial charge in [0, 0.05) is 0 Å². The molecule has 168 valence electrons. The molecule has 20 heteroatoms. The highest BCUT2D eigenvalue weighted by molar-refractivity contribution is 8.29. The van der Waals surface area contributed by atoms with Crippen LogP contribution < -0.4 is 10.6 Å². The van der Waals surface area contributed by atoms with Gasteiger partial charge in [0.15, 0.2) is 17.7 Å². The minimum atomic E-state index is -5.26. The molecule has 30 heavy (non-hydrogen) atoms. The lowest BCUT2D eigenvalue weighted by Crippen LogP contribution is -2.33. The molecule has 1 aliphatic heterocycles. The Bertz CT molecular complexity index is 1010. The molecule has 2 aromatic heterocycles. The van der Waals surface area contributed by atoms with Crippen molar-refractivity contribution in [2.75, 3.05) is 12.3 Å². The zero-order chi connectivity index (χ0) is 22.3. The van der Waals surface area contributed by atoms with Gasteiger partial charge in [0.25, 0.3) is 0 Å². The van der Waals surface area contributed by atoms with Crippen molar-refractivity contribution < 1.29 is 51.9 Å². The Morgan fingerprint density at radius 2 is 1.97 bits per heavy atom. The Morgan fingerprint density at radius 3 is 2.63 bits per heavy atom. The summed E-state index contributed by atoms with van der Waals surface area (Å²) in [7, 11) is -13.5. The summed E-state index contributed by atoms with van der Waals surface area (Å²) in [6.07, 6.45) is -3.37. The van der Waals surface area contributed by atoms with Gasteiger partial charge < -0.3 is 51.9 Å². The Morgan fingerprint density at radius 1 is 1.27 bits per heavy atom. The van der Waals surface area contributed by atoms with Crippen LogP contribution >= 0.6 is 23.2 Å². The summed E-state index contributed by atoms with van der Waals surface area (Å²) in [6.45, 7) is -0.855. The summed E-state index contributed by atoms with van der Waals surface area (Å²) >= 11 is 4.05. The predicted octanol–water partition coefficient (Wildman–Crippen LogP) is -1.59. The van der Waals surface area contributed by atoms with E-state index in [1.807, 2.05) is 0 Å². The summed E-state index contributed by atoms with van der Waals surface area (Å²) in [6, 6.07) is 0. The third-order valence-electron chi connectivity index (χ3n) is 3.78. The topological polar surface area (TPSA) is 245 Å². The van der Waals surface area contributed by atoms with Gasteiger partial charge in [-0.3, -0.25) is 9.09 Å². The monoisotopic (exact) mass is 505 g/mol. The van der Waals surface area contributed by atoms with E-state index in [0.717, 1.165) is 6.33 Å². The summed E-state index contributed by atoms with van der Waals surface area (Å²) in [5, 5.41) is 20.4. The van der Waals surface area contributed by atoms with Crippen LogP contribution in [-0.2, 0) is 39.3 Å². The maximum Gasteiger partial charge on any atom is 0.481 e. The first kappa shape index (κ1) is 23.9. The third kappa shape index (κ3) is 5.34. The van der Waals surface area contributed by atoms with Gasteiger partial charge >= 0.3 is 15.6 Å². The fraction of sp³-hybridized carbons (Fsp3) is 0.500. The van der Waals surface area contributed by atoms with Gasteiger partial charge in [-0.05, 0) is 0 Å². The molecule has 0 bridgehead atoms. The zero-order valence-corrected chi connectivity index (χ0v) is 17.9. The molecule has 0 spiro atoms. The summed E-state index contributed by atoms with van der Waals surface area (Å²) in [5.41, 5.74) is 6.09. The second-order valence-electron chi connectivity index (χ2n) is 5.75. The smallest absolute Gasteiger partial charge is 0.481 e. The number of phosphoric acid groups is 2. The number of imidazole rings is 1. The Hall–Kier alpha value is -0.770. The number of phosphoric ester groups is 1. The van der Waals surface area contributed by atoms with Crippen LogP contribution in [0.15, 0.2) is 12.7 Å². The van der Waals surface area contributed by atoms with Crippen molar-refractivity contribution >= 4 is 52.5 Å². The van der Waals surface area contributed by atoms with Gasteiger partial charge in [0.1, 0.15) is 30.2 Å². The number of aliphatic hydroxyl groups is 2. The molecule has 6 N–H and O–H groups in total. The lowest BCUT2D eigenvalue weighted by Gasteiger charge is -2.31. The highest BCUT2D eigenvalue weighted by atomic mass is 32.7. The normalized spacial score (nSPS) is 29.5. The van der Waals surface area contributed by atoms with E-state index in [1.54, 1.807) is 0 Å². The van der Waals surface area contributed by atoms with Crippen molar-refractivity contribution in [3.63, 3.8) is 0 Å². The highest BCUT2D eigenvalue weighted by Crippen LogP contribution is 2.64. The van der Waals surface area contributed by atoms with Crippen molar-refractivity contribution in [2.45, 2.75) is 24.5 Å². The molecule has 0 aliphatic carbocycles. The SMILES string of the molecule is Nc1ncnc2c1ncn2[C@@H]1O[C@H](COP(=O)(O)OP(=O)(O)OP([O-])[S-])[C@@H](O)[C@H]1O. The molecule has 2 aromatic rings. The number of hydrogen-bond acceptors (Lipinski definition) is 14. The van der Waals surface area contributed by atoms with Crippen molar-refractivity contribution in [2.24, 2.45) is 0 Å². The van der Waals surface area contributed by atoms with Gasteiger partial charge in [-0.2, -0.15) is 4.31 Å².